The van der Waals surface area contributed by atoms with Crippen molar-refractivity contribution in [2.45, 2.75) is 0 Å². The Balaban J connectivity index is 0. The predicted molar refractivity (Wildman–Crippen MR) is 22.1 cm³/mol. The Labute approximate surface area is 72.9 Å². The monoisotopic (exact) mass is 226 g/mol. The van der Waals surface area contributed by atoms with Crippen LogP contribution in [-0.2, 0) is 19.5 Å². The molecule has 0 aliphatic carbocycles. The van der Waals surface area contributed by atoms with Gasteiger partial charge >= 0.3 is 48.9 Å². The van der Waals surface area contributed by atoms with Crippen LogP contribution in [0, 0.1) is 0 Å². The van der Waals surface area contributed by atoms with Crippen molar-refractivity contribution in [3.05, 3.63) is 0 Å². The Morgan fingerprint density at radius 2 is 1.00 bits per heavy atom. The molecule has 0 aromatic rings. The van der Waals surface area contributed by atoms with Crippen LogP contribution in [-0.4, -0.2) is 54.4 Å². The Morgan fingerprint density at radius 3 is 1.00 bits per heavy atom. The van der Waals surface area contributed by atoms with E-state index in [9.17, 15) is 0 Å². The zero-order valence-corrected chi connectivity index (χ0v) is 4.17. The van der Waals surface area contributed by atoms with Gasteiger partial charge in [-0.2, -0.15) is 0 Å². The fourth-order valence-electron chi connectivity index (χ4n) is 0. The van der Waals surface area contributed by atoms with Gasteiger partial charge in [-0.25, -0.2) is 0 Å². The molecule has 0 radical (unpaired) electrons. The van der Waals surface area contributed by atoms with Crippen molar-refractivity contribution < 1.29 is 25.0 Å². The van der Waals surface area contributed by atoms with Crippen molar-refractivity contribution in [1.82, 2.24) is 0 Å². The molecule has 0 spiro atoms. The van der Waals surface area contributed by atoms with Crippen LogP contribution >= 0.6 is 0 Å². The molecule has 0 aliphatic heterocycles. The van der Waals surface area contributed by atoms with Crippen molar-refractivity contribution in [3.63, 3.8) is 0 Å². The summed E-state index contributed by atoms with van der Waals surface area (Å²) in [6, 6.07) is 0. The summed E-state index contributed by atoms with van der Waals surface area (Å²) < 4.78 is 0. The van der Waals surface area contributed by atoms with Gasteiger partial charge in [-0.3, -0.25) is 0 Å². The molecule has 0 unspecified atom stereocenters. The van der Waals surface area contributed by atoms with Crippen molar-refractivity contribution in [3.8, 4) is 0 Å². The van der Waals surface area contributed by atoms with E-state index < -0.39 is 0 Å². The molecule has 0 rings (SSSR count). The molecular formula is H7InMgOZn. The first kappa shape index (κ1) is 34.4. The van der Waals surface area contributed by atoms with Gasteiger partial charge in [0.25, 0.3) is 0 Å². The first-order valence-corrected chi connectivity index (χ1v) is 0. The average molecular weight is 228 g/mol. The van der Waals surface area contributed by atoms with Crippen LogP contribution in [0.25, 0.3) is 0 Å². The number of hydrogen-bond acceptors (Lipinski definition) is 0. The molecule has 4 heavy (non-hydrogen) atoms. The second-order valence-electron chi connectivity index (χ2n) is 0. The van der Waals surface area contributed by atoms with Crippen LogP contribution in [0.1, 0.15) is 0 Å². The molecule has 0 aromatic carbocycles. The molecule has 20 valence electrons. The Kier molecular flexibility index (Phi) is 162. The molecular weight excluding hydrogens is 221 g/mol. The molecule has 0 aliphatic rings. The molecule has 0 atom stereocenters. The molecule has 4 heteroatoms. The van der Waals surface area contributed by atoms with Crippen LogP contribution < -0.4 is 0 Å². The van der Waals surface area contributed by atoms with E-state index in [1.54, 1.807) is 0 Å². The van der Waals surface area contributed by atoms with Gasteiger partial charge in [0, 0.05) is 19.5 Å². The van der Waals surface area contributed by atoms with Gasteiger partial charge in [0.05, 0.1) is 0 Å². The van der Waals surface area contributed by atoms with Crippen LogP contribution in [0.4, 0.5) is 0 Å². The van der Waals surface area contributed by atoms with Gasteiger partial charge < -0.3 is 5.48 Å². The minimum atomic E-state index is 0. The maximum absolute atomic E-state index is 0. The molecule has 0 amide bonds. The van der Waals surface area contributed by atoms with Crippen LogP contribution in [0.15, 0.2) is 0 Å². The Morgan fingerprint density at radius 1 is 1.00 bits per heavy atom. The summed E-state index contributed by atoms with van der Waals surface area (Å²) in [5.74, 6) is 0. The van der Waals surface area contributed by atoms with E-state index in [0.29, 0.717) is 0 Å². The first-order valence-electron chi connectivity index (χ1n) is 0. The van der Waals surface area contributed by atoms with Crippen LogP contribution in [0.3, 0.4) is 0 Å². The molecule has 1 nitrogen and oxygen atoms in total. The van der Waals surface area contributed by atoms with E-state index in [-0.39, 0.29) is 73.9 Å². The van der Waals surface area contributed by atoms with Crippen molar-refractivity contribution in [2.24, 2.45) is 0 Å². The smallest absolute Gasteiger partial charge is 0 e. The summed E-state index contributed by atoms with van der Waals surface area (Å²) in [7, 11) is 0. The maximum atomic E-state index is 0. The van der Waals surface area contributed by atoms with Crippen molar-refractivity contribution in [1.29, 1.82) is 0 Å². The fraction of sp³-hybridized carbons (Fsp3) is 0. The van der Waals surface area contributed by atoms with E-state index in [4.69, 9.17) is 0 Å². The molecule has 0 heterocycles. The molecule has 0 fully saturated rings. The number of hydrogen-bond donors (Lipinski definition) is 0. The van der Waals surface area contributed by atoms with E-state index in [2.05, 4.69) is 0 Å². The molecule has 0 saturated heterocycles. The second-order valence-corrected chi connectivity index (χ2v) is 0. The Hall–Kier alpha value is 2.22. The van der Waals surface area contributed by atoms with Gasteiger partial charge in [0.15, 0.2) is 0 Å². The van der Waals surface area contributed by atoms with Crippen molar-refractivity contribution >= 4 is 48.9 Å². The standard InChI is InChI=1S/In.Mg.H2O.Zn.5H/h;;1H2;;;;;;. The summed E-state index contributed by atoms with van der Waals surface area (Å²) in [5.41, 5.74) is 0. The SMILES string of the molecule is O.[InH3].[MgH2].[Zn]. The summed E-state index contributed by atoms with van der Waals surface area (Å²) in [6.45, 7) is 0. The van der Waals surface area contributed by atoms with Crippen molar-refractivity contribution in [2.75, 3.05) is 0 Å². The summed E-state index contributed by atoms with van der Waals surface area (Å²) in [6.07, 6.45) is 0. The first-order chi connectivity index (χ1) is 0. The second kappa shape index (κ2) is 18.9. The minimum absolute atomic E-state index is 0. The van der Waals surface area contributed by atoms with Crippen LogP contribution in [0.5, 0.6) is 0 Å². The van der Waals surface area contributed by atoms with E-state index in [0.717, 1.165) is 0 Å². The quantitative estimate of drug-likeness (QED) is 0.397. The zero-order valence-electron chi connectivity index (χ0n) is 1.21. The third-order valence-corrected chi connectivity index (χ3v) is 0. The normalized spacial score (nSPS) is 0. The largest absolute Gasteiger partial charge is 0.316 e. The third kappa shape index (κ3) is 8.88. The number of rotatable bonds is 0. The molecule has 0 aromatic heterocycles. The summed E-state index contributed by atoms with van der Waals surface area (Å²) >= 11 is 0. The van der Waals surface area contributed by atoms with E-state index in [1.807, 2.05) is 0 Å². The van der Waals surface area contributed by atoms with Gasteiger partial charge in [0.2, 0.25) is 0 Å². The van der Waals surface area contributed by atoms with Gasteiger partial charge in [-0.15, -0.1) is 0 Å². The molecule has 2 N–H and O–H groups in total. The van der Waals surface area contributed by atoms with Gasteiger partial charge in [-0.05, 0) is 0 Å². The van der Waals surface area contributed by atoms with E-state index in [1.165, 1.54) is 0 Å². The fourth-order valence-corrected chi connectivity index (χ4v) is 0. The van der Waals surface area contributed by atoms with Gasteiger partial charge in [0.1, 0.15) is 0 Å². The van der Waals surface area contributed by atoms with Crippen LogP contribution in [0.2, 0.25) is 0 Å². The minimum Gasteiger partial charge on any atom is 0 e. The van der Waals surface area contributed by atoms with E-state index >= 15 is 0 Å². The molecule has 0 saturated carbocycles. The third-order valence-electron chi connectivity index (χ3n) is 0. The topological polar surface area (TPSA) is 31.5 Å². The van der Waals surface area contributed by atoms with Gasteiger partial charge in [-0.1, -0.05) is 0 Å². The predicted octanol–water partition coefficient (Wildman–Crippen LogP) is -2.93. The zero-order chi connectivity index (χ0) is 0. The summed E-state index contributed by atoms with van der Waals surface area (Å²) in [4.78, 5) is 0. The molecule has 0 bridgehead atoms. The average Bonchev–Trinajstić information content (AvgIpc) is 0. The maximum Gasteiger partial charge on any atom is 0.316 e. The summed E-state index contributed by atoms with van der Waals surface area (Å²) in [5, 5.41) is 0. The Bertz CT molecular complexity index is 8.00.